The number of hydrogen-bond acceptors (Lipinski definition) is 6. The minimum atomic E-state index is -0.147. The van der Waals surface area contributed by atoms with Crippen LogP contribution in [0.2, 0.25) is 0 Å². The van der Waals surface area contributed by atoms with Crippen molar-refractivity contribution < 1.29 is 14.1 Å². The van der Waals surface area contributed by atoms with Gasteiger partial charge in [-0.15, -0.1) is 12.4 Å². The molecule has 1 aliphatic heterocycles. The van der Waals surface area contributed by atoms with Crippen LogP contribution in [0, 0.1) is 11.8 Å². The van der Waals surface area contributed by atoms with E-state index in [1.54, 1.807) is 13.2 Å². The summed E-state index contributed by atoms with van der Waals surface area (Å²) in [6.07, 6.45) is 1.90. The van der Waals surface area contributed by atoms with Gasteiger partial charge in [-0.25, -0.2) is 0 Å². The Morgan fingerprint density at radius 1 is 1.06 bits per heavy atom. The van der Waals surface area contributed by atoms with Crippen LogP contribution in [-0.4, -0.2) is 48.4 Å². The van der Waals surface area contributed by atoms with E-state index in [4.69, 9.17) is 9.26 Å². The molecule has 1 saturated carbocycles. The number of nitrogens with zero attached hydrogens (tertiary/aromatic N) is 2. The second-order valence-electron chi connectivity index (χ2n) is 8.34. The number of fused-ring (bicyclic) bond motifs is 1. The third-order valence-electron chi connectivity index (χ3n) is 6.50. The molecule has 2 aliphatic rings. The van der Waals surface area contributed by atoms with Crippen molar-refractivity contribution in [2.45, 2.75) is 25.0 Å². The predicted octanol–water partition coefficient (Wildman–Crippen LogP) is 3.57. The number of methoxy groups -OCH3 is 1. The van der Waals surface area contributed by atoms with E-state index in [0.29, 0.717) is 34.7 Å². The lowest BCUT2D eigenvalue weighted by Crippen LogP contribution is -2.50. The fraction of sp³-hybridized carbons (Fsp3) is 0.375. The summed E-state index contributed by atoms with van der Waals surface area (Å²) in [6, 6.07) is 17.0. The van der Waals surface area contributed by atoms with Gasteiger partial charge in [0, 0.05) is 12.7 Å². The lowest BCUT2D eigenvalue weighted by molar-refractivity contribution is 0.0125. The number of ether oxygens (including phenoxy) is 1. The van der Waals surface area contributed by atoms with Crippen molar-refractivity contribution >= 4 is 18.3 Å². The highest BCUT2D eigenvalue weighted by Gasteiger charge is 2.40. The monoisotopic (exact) mass is 454 g/mol. The molecule has 8 heteroatoms. The molecule has 3 aromatic rings. The van der Waals surface area contributed by atoms with Crippen LogP contribution in [0.5, 0.6) is 0 Å². The van der Waals surface area contributed by atoms with Crippen LogP contribution in [0.3, 0.4) is 0 Å². The first kappa shape index (κ1) is 22.5. The lowest BCUT2D eigenvalue weighted by atomic mass is 9.77. The Kier molecular flexibility index (Phi) is 6.89. The third-order valence-corrected chi connectivity index (χ3v) is 6.50. The van der Waals surface area contributed by atoms with Crippen molar-refractivity contribution in [1.82, 2.24) is 20.8 Å². The standard InChI is InChI=1S/C24H26N4O3.ClH/c1-30-21-12-17-14-25-13-16(17)11-20(21)26-23(29)18-9-5-6-10-19(18)24-27-22(28-31-24)15-7-3-2-4-8-15;/h2-10,16-17,20-21,25H,11-14H2,1H3,(H,26,29);1H/t16-,17+,20-,21-;/m0./s1. The average molecular weight is 455 g/mol. The second kappa shape index (κ2) is 9.81. The molecule has 32 heavy (non-hydrogen) atoms. The zero-order valence-electron chi connectivity index (χ0n) is 17.9. The maximum atomic E-state index is 13.3. The van der Waals surface area contributed by atoms with Gasteiger partial charge < -0.3 is 19.9 Å². The molecule has 0 unspecified atom stereocenters. The number of benzene rings is 2. The Balaban J connectivity index is 0.00000245. The molecule has 2 N–H and O–H groups in total. The van der Waals surface area contributed by atoms with Gasteiger partial charge >= 0.3 is 0 Å². The van der Waals surface area contributed by atoms with Crippen molar-refractivity contribution in [3.8, 4) is 22.8 Å². The Morgan fingerprint density at radius 2 is 1.78 bits per heavy atom. The number of carbonyl (C=O) groups excluding carboxylic acids is 1. The first-order valence-electron chi connectivity index (χ1n) is 10.8. The van der Waals surface area contributed by atoms with Crippen molar-refractivity contribution in [1.29, 1.82) is 0 Å². The van der Waals surface area contributed by atoms with Crippen LogP contribution in [-0.2, 0) is 4.74 Å². The highest BCUT2D eigenvalue weighted by atomic mass is 35.5. The summed E-state index contributed by atoms with van der Waals surface area (Å²) in [5, 5.41) is 10.8. The van der Waals surface area contributed by atoms with E-state index < -0.39 is 0 Å². The highest BCUT2D eigenvalue weighted by molar-refractivity contribution is 6.00. The molecule has 2 aromatic carbocycles. The van der Waals surface area contributed by atoms with Gasteiger partial charge in [0.25, 0.3) is 11.8 Å². The average Bonchev–Trinajstić information content (AvgIpc) is 3.48. The lowest BCUT2D eigenvalue weighted by Gasteiger charge is -2.37. The van der Waals surface area contributed by atoms with Crippen LogP contribution in [0.4, 0.5) is 0 Å². The Labute approximate surface area is 193 Å². The summed E-state index contributed by atoms with van der Waals surface area (Å²) < 4.78 is 11.2. The zero-order chi connectivity index (χ0) is 21.2. The van der Waals surface area contributed by atoms with Gasteiger partial charge in [0.05, 0.1) is 23.3 Å². The van der Waals surface area contributed by atoms with Crippen molar-refractivity contribution in [3.05, 3.63) is 60.2 Å². The number of nitrogens with one attached hydrogen (secondary N) is 2. The molecule has 1 aliphatic carbocycles. The van der Waals surface area contributed by atoms with Gasteiger partial charge in [-0.1, -0.05) is 47.6 Å². The quantitative estimate of drug-likeness (QED) is 0.612. The first-order chi connectivity index (χ1) is 15.2. The molecule has 0 radical (unpaired) electrons. The van der Waals surface area contributed by atoms with Crippen LogP contribution in [0.15, 0.2) is 59.1 Å². The smallest absolute Gasteiger partial charge is 0.259 e. The normalized spacial score (nSPS) is 24.4. The summed E-state index contributed by atoms with van der Waals surface area (Å²) in [5.74, 6) is 1.89. The summed E-state index contributed by atoms with van der Waals surface area (Å²) >= 11 is 0. The zero-order valence-corrected chi connectivity index (χ0v) is 18.7. The third kappa shape index (κ3) is 4.41. The molecule has 7 nitrogen and oxygen atoms in total. The number of amides is 1. The fourth-order valence-corrected chi connectivity index (χ4v) is 4.84. The number of aromatic nitrogens is 2. The molecular formula is C24H27ClN4O3. The van der Waals surface area contributed by atoms with E-state index in [0.717, 1.165) is 31.5 Å². The van der Waals surface area contributed by atoms with Crippen molar-refractivity contribution in [2.75, 3.05) is 20.2 Å². The number of halogens is 1. The molecule has 0 bridgehead atoms. The van der Waals surface area contributed by atoms with Gasteiger partial charge in [0.1, 0.15) is 0 Å². The molecular weight excluding hydrogens is 428 g/mol. The Bertz CT molecular complexity index is 1060. The number of rotatable bonds is 5. The molecule has 5 rings (SSSR count). The van der Waals surface area contributed by atoms with E-state index in [2.05, 4.69) is 20.8 Å². The minimum absolute atomic E-state index is 0. The molecule has 1 amide bonds. The van der Waals surface area contributed by atoms with Crippen molar-refractivity contribution in [2.24, 2.45) is 11.8 Å². The molecule has 1 aromatic heterocycles. The summed E-state index contributed by atoms with van der Waals surface area (Å²) in [6.45, 7) is 2.04. The van der Waals surface area contributed by atoms with Gasteiger partial charge in [0.15, 0.2) is 0 Å². The van der Waals surface area contributed by atoms with E-state index in [-0.39, 0.29) is 30.5 Å². The topological polar surface area (TPSA) is 89.3 Å². The maximum Gasteiger partial charge on any atom is 0.259 e. The van der Waals surface area contributed by atoms with E-state index >= 15 is 0 Å². The highest BCUT2D eigenvalue weighted by Crippen LogP contribution is 2.34. The molecule has 4 atom stereocenters. The SMILES string of the molecule is CO[C@H]1C[C@@H]2CNC[C@@H]2C[C@@H]1NC(=O)c1ccccc1-c1nc(-c2ccccc2)no1.Cl. The molecule has 0 spiro atoms. The Hall–Kier alpha value is -2.74. The fourth-order valence-electron chi connectivity index (χ4n) is 4.84. The molecule has 2 fully saturated rings. The Morgan fingerprint density at radius 3 is 2.56 bits per heavy atom. The van der Waals surface area contributed by atoms with Crippen LogP contribution >= 0.6 is 12.4 Å². The summed E-state index contributed by atoms with van der Waals surface area (Å²) in [4.78, 5) is 17.8. The van der Waals surface area contributed by atoms with Crippen LogP contribution in [0.25, 0.3) is 22.8 Å². The summed E-state index contributed by atoms with van der Waals surface area (Å²) in [7, 11) is 1.73. The number of carbonyl (C=O) groups is 1. The molecule has 168 valence electrons. The van der Waals surface area contributed by atoms with Gasteiger partial charge in [-0.2, -0.15) is 4.98 Å². The van der Waals surface area contributed by atoms with Gasteiger partial charge in [-0.05, 0) is 49.9 Å². The van der Waals surface area contributed by atoms with E-state index in [1.807, 2.05) is 48.5 Å². The van der Waals surface area contributed by atoms with E-state index in [1.165, 1.54) is 0 Å². The molecule has 2 heterocycles. The van der Waals surface area contributed by atoms with Crippen LogP contribution < -0.4 is 10.6 Å². The molecule has 1 saturated heterocycles. The summed E-state index contributed by atoms with van der Waals surface area (Å²) in [5.41, 5.74) is 2.01. The first-order valence-corrected chi connectivity index (χ1v) is 10.8. The second-order valence-corrected chi connectivity index (χ2v) is 8.34. The predicted molar refractivity (Wildman–Crippen MR) is 124 cm³/mol. The van der Waals surface area contributed by atoms with Gasteiger partial charge in [0.2, 0.25) is 5.82 Å². The number of hydrogen-bond donors (Lipinski definition) is 2. The van der Waals surface area contributed by atoms with Gasteiger partial charge in [-0.3, -0.25) is 4.79 Å². The maximum absolute atomic E-state index is 13.3. The largest absolute Gasteiger partial charge is 0.379 e. The van der Waals surface area contributed by atoms with Crippen LogP contribution in [0.1, 0.15) is 23.2 Å². The minimum Gasteiger partial charge on any atom is -0.379 e. The van der Waals surface area contributed by atoms with Crippen molar-refractivity contribution in [3.63, 3.8) is 0 Å². The van der Waals surface area contributed by atoms with E-state index in [9.17, 15) is 4.79 Å².